The van der Waals surface area contributed by atoms with Gasteiger partial charge in [-0.25, -0.2) is 8.42 Å². The lowest BCUT2D eigenvalue weighted by Crippen LogP contribution is -2.26. The van der Waals surface area contributed by atoms with Gasteiger partial charge in [-0.15, -0.1) is 0 Å². The molecule has 2 aromatic rings. The molecule has 1 aromatic carbocycles. The van der Waals surface area contributed by atoms with E-state index in [4.69, 9.17) is 4.42 Å². The fourth-order valence-electron chi connectivity index (χ4n) is 3.46. The van der Waals surface area contributed by atoms with Crippen LogP contribution in [0.2, 0.25) is 0 Å². The summed E-state index contributed by atoms with van der Waals surface area (Å²) in [4.78, 5) is 0. The van der Waals surface area contributed by atoms with E-state index in [-0.39, 0.29) is 12.0 Å². The van der Waals surface area contributed by atoms with Crippen LogP contribution in [0.1, 0.15) is 43.2 Å². The van der Waals surface area contributed by atoms with Crippen LogP contribution in [0, 0.1) is 12.8 Å². The number of furan rings is 1. The van der Waals surface area contributed by atoms with Gasteiger partial charge in [0.15, 0.2) is 9.84 Å². The van der Waals surface area contributed by atoms with E-state index in [1.807, 2.05) is 6.07 Å². The van der Waals surface area contributed by atoms with E-state index in [1.54, 1.807) is 0 Å². The van der Waals surface area contributed by atoms with Crippen molar-refractivity contribution in [2.75, 3.05) is 18.1 Å². The SMILES string of the molecule is CCc1c([C@H](C)NC[C@@H]2CCS(=O)(=O)C2)oc2ccc(C)cc12. The molecule has 1 aliphatic heterocycles. The summed E-state index contributed by atoms with van der Waals surface area (Å²) in [6.07, 6.45) is 1.69. The number of rotatable bonds is 5. The van der Waals surface area contributed by atoms with Crippen molar-refractivity contribution >= 4 is 20.8 Å². The van der Waals surface area contributed by atoms with Crippen molar-refractivity contribution in [1.82, 2.24) is 5.32 Å². The Morgan fingerprint density at radius 2 is 2.17 bits per heavy atom. The summed E-state index contributed by atoms with van der Waals surface area (Å²) in [5.41, 5.74) is 3.42. The molecule has 2 heterocycles. The number of aryl methyl sites for hydroxylation is 2. The highest BCUT2D eigenvalue weighted by Gasteiger charge is 2.28. The largest absolute Gasteiger partial charge is 0.459 e. The minimum atomic E-state index is -2.81. The number of hydrogen-bond acceptors (Lipinski definition) is 4. The molecule has 1 aromatic heterocycles. The lowest BCUT2D eigenvalue weighted by molar-refractivity contribution is 0.415. The van der Waals surface area contributed by atoms with Crippen LogP contribution in [-0.4, -0.2) is 26.5 Å². The summed E-state index contributed by atoms with van der Waals surface area (Å²) >= 11 is 0. The Balaban J connectivity index is 1.77. The summed E-state index contributed by atoms with van der Waals surface area (Å²) in [6.45, 7) is 7.05. The van der Waals surface area contributed by atoms with Crippen LogP contribution >= 0.6 is 0 Å². The number of hydrogen-bond donors (Lipinski definition) is 1. The van der Waals surface area contributed by atoms with Crippen molar-refractivity contribution in [3.8, 4) is 0 Å². The van der Waals surface area contributed by atoms with Crippen LogP contribution in [0.15, 0.2) is 22.6 Å². The molecule has 23 heavy (non-hydrogen) atoms. The van der Waals surface area contributed by atoms with Crippen molar-refractivity contribution in [3.05, 3.63) is 35.1 Å². The first kappa shape index (κ1) is 16.5. The molecule has 0 unspecified atom stereocenters. The maximum Gasteiger partial charge on any atom is 0.150 e. The van der Waals surface area contributed by atoms with Crippen LogP contribution in [-0.2, 0) is 16.3 Å². The maximum atomic E-state index is 11.6. The van der Waals surface area contributed by atoms with Crippen LogP contribution in [0.3, 0.4) is 0 Å². The Morgan fingerprint density at radius 1 is 1.39 bits per heavy atom. The highest BCUT2D eigenvalue weighted by atomic mass is 32.2. The molecule has 0 spiro atoms. The number of sulfone groups is 1. The zero-order valence-electron chi connectivity index (χ0n) is 14.1. The van der Waals surface area contributed by atoms with Gasteiger partial charge >= 0.3 is 0 Å². The molecule has 4 nitrogen and oxygen atoms in total. The van der Waals surface area contributed by atoms with Crippen LogP contribution in [0.25, 0.3) is 11.0 Å². The molecule has 126 valence electrons. The molecule has 0 amide bonds. The third-order valence-corrected chi connectivity index (χ3v) is 6.60. The van der Waals surface area contributed by atoms with E-state index in [2.05, 4.69) is 38.2 Å². The molecule has 2 atom stereocenters. The second-order valence-corrected chi connectivity index (χ2v) is 8.93. The minimum Gasteiger partial charge on any atom is -0.459 e. The fourth-order valence-corrected chi connectivity index (χ4v) is 5.33. The van der Waals surface area contributed by atoms with Crippen LogP contribution < -0.4 is 5.32 Å². The summed E-state index contributed by atoms with van der Waals surface area (Å²) in [7, 11) is -2.81. The molecule has 5 heteroatoms. The van der Waals surface area contributed by atoms with Gasteiger partial charge in [0.1, 0.15) is 11.3 Å². The molecule has 3 rings (SSSR count). The van der Waals surface area contributed by atoms with Crippen molar-refractivity contribution in [2.45, 2.75) is 39.7 Å². The molecule has 0 radical (unpaired) electrons. The smallest absolute Gasteiger partial charge is 0.150 e. The Morgan fingerprint density at radius 3 is 2.83 bits per heavy atom. The molecule has 1 aliphatic rings. The molecule has 1 N–H and O–H groups in total. The first-order valence-corrected chi connectivity index (χ1v) is 10.2. The summed E-state index contributed by atoms with van der Waals surface area (Å²) in [5, 5.41) is 4.66. The normalized spacial score (nSPS) is 21.8. The molecular formula is C18H25NO3S. The standard InChI is InChI=1S/C18H25NO3S/c1-4-15-16-9-12(2)5-6-17(16)22-18(15)13(3)19-10-14-7-8-23(20,21)11-14/h5-6,9,13-14,19H,4,7-8,10-11H2,1-3H3/t13-,14-/m0/s1. The van der Waals surface area contributed by atoms with Crippen molar-refractivity contribution < 1.29 is 12.8 Å². The predicted octanol–water partition coefficient (Wildman–Crippen LogP) is 3.39. The minimum absolute atomic E-state index is 0.0842. The second-order valence-electron chi connectivity index (χ2n) is 6.70. The van der Waals surface area contributed by atoms with Crippen molar-refractivity contribution in [2.24, 2.45) is 5.92 Å². The summed E-state index contributed by atoms with van der Waals surface area (Å²) < 4.78 is 29.2. The molecule has 0 bridgehead atoms. The molecule has 0 saturated carbocycles. The topological polar surface area (TPSA) is 59.3 Å². The first-order valence-electron chi connectivity index (χ1n) is 8.35. The Kier molecular flexibility index (Phi) is 4.52. The summed E-state index contributed by atoms with van der Waals surface area (Å²) in [5.74, 6) is 1.85. The highest BCUT2D eigenvalue weighted by molar-refractivity contribution is 7.91. The number of benzene rings is 1. The number of nitrogens with one attached hydrogen (secondary N) is 1. The van der Waals surface area contributed by atoms with Crippen molar-refractivity contribution in [3.63, 3.8) is 0 Å². The van der Waals surface area contributed by atoms with Crippen LogP contribution in [0.5, 0.6) is 0 Å². The Labute approximate surface area is 138 Å². The highest BCUT2D eigenvalue weighted by Crippen LogP contribution is 2.31. The van der Waals surface area contributed by atoms with Gasteiger partial charge in [0.25, 0.3) is 0 Å². The van der Waals surface area contributed by atoms with E-state index in [1.165, 1.54) is 16.5 Å². The number of fused-ring (bicyclic) bond motifs is 1. The van der Waals surface area contributed by atoms with E-state index >= 15 is 0 Å². The molecular weight excluding hydrogens is 310 g/mol. The zero-order chi connectivity index (χ0) is 16.6. The van der Waals surface area contributed by atoms with Crippen LogP contribution in [0.4, 0.5) is 0 Å². The quantitative estimate of drug-likeness (QED) is 0.910. The van der Waals surface area contributed by atoms with Gasteiger partial charge in [-0.2, -0.15) is 0 Å². The molecule has 0 aliphatic carbocycles. The van der Waals surface area contributed by atoms with Gasteiger partial charge in [-0.05, 0) is 51.3 Å². The second kappa shape index (κ2) is 6.29. The molecule has 1 saturated heterocycles. The average Bonchev–Trinajstić information content (AvgIpc) is 3.04. The van der Waals surface area contributed by atoms with Gasteiger partial charge in [0, 0.05) is 10.9 Å². The van der Waals surface area contributed by atoms with E-state index in [9.17, 15) is 8.42 Å². The maximum absolute atomic E-state index is 11.6. The van der Waals surface area contributed by atoms with E-state index in [0.29, 0.717) is 11.5 Å². The lowest BCUT2D eigenvalue weighted by atomic mass is 10.0. The Hall–Kier alpha value is -1.33. The third-order valence-electron chi connectivity index (χ3n) is 4.76. The van der Waals surface area contributed by atoms with E-state index in [0.717, 1.165) is 30.7 Å². The van der Waals surface area contributed by atoms with Gasteiger partial charge in [-0.3, -0.25) is 0 Å². The van der Waals surface area contributed by atoms with Gasteiger partial charge in [-0.1, -0.05) is 18.6 Å². The van der Waals surface area contributed by atoms with Crippen molar-refractivity contribution in [1.29, 1.82) is 0 Å². The lowest BCUT2D eigenvalue weighted by Gasteiger charge is -2.16. The van der Waals surface area contributed by atoms with Gasteiger partial charge < -0.3 is 9.73 Å². The Bertz CT molecular complexity index is 807. The monoisotopic (exact) mass is 335 g/mol. The fraction of sp³-hybridized carbons (Fsp3) is 0.556. The first-order chi connectivity index (χ1) is 10.9. The van der Waals surface area contributed by atoms with Gasteiger partial charge in [0.05, 0.1) is 17.5 Å². The van der Waals surface area contributed by atoms with Gasteiger partial charge in [0.2, 0.25) is 0 Å². The average molecular weight is 335 g/mol. The summed E-state index contributed by atoms with van der Waals surface area (Å²) in [6, 6.07) is 6.36. The predicted molar refractivity (Wildman–Crippen MR) is 93.5 cm³/mol. The zero-order valence-corrected chi connectivity index (χ0v) is 14.9. The molecule has 1 fully saturated rings. The van der Waals surface area contributed by atoms with E-state index < -0.39 is 9.84 Å². The third kappa shape index (κ3) is 3.45.